The number of nitrogens with zero attached hydrogens (tertiary/aromatic N) is 2. The Morgan fingerprint density at radius 2 is 1.86 bits per heavy atom. The second kappa shape index (κ2) is 10.2. The lowest BCUT2D eigenvalue weighted by Crippen LogP contribution is -2.22. The highest BCUT2D eigenvalue weighted by Gasteiger charge is 2.26. The van der Waals surface area contributed by atoms with Crippen molar-refractivity contribution in [3.8, 4) is 11.1 Å². The van der Waals surface area contributed by atoms with E-state index in [9.17, 15) is 9.59 Å². The van der Waals surface area contributed by atoms with Crippen molar-refractivity contribution in [3.63, 3.8) is 0 Å². The molecule has 182 valence electrons. The van der Waals surface area contributed by atoms with E-state index in [1.807, 2.05) is 50.2 Å². The van der Waals surface area contributed by atoms with E-state index >= 15 is 0 Å². The Morgan fingerprint density at radius 1 is 1.14 bits per heavy atom. The summed E-state index contributed by atoms with van der Waals surface area (Å²) in [5.41, 5.74) is 3.46. The monoisotopic (exact) mass is 510 g/mol. The van der Waals surface area contributed by atoms with Crippen LogP contribution in [0.15, 0.2) is 45.6 Å². The molecule has 2 heterocycles. The summed E-state index contributed by atoms with van der Waals surface area (Å²) < 4.78 is 10.8. The van der Waals surface area contributed by atoms with Crippen LogP contribution in [0.25, 0.3) is 22.1 Å². The van der Waals surface area contributed by atoms with Crippen molar-refractivity contribution in [2.75, 3.05) is 25.1 Å². The molecule has 2 aromatic carbocycles. The first kappa shape index (κ1) is 24.9. The summed E-state index contributed by atoms with van der Waals surface area (Å²) in [5.74, 6) is -0.737. The zero-order valence-corrected chi connectivity index (χ0v) is 22.0. The molecule has 0 N–H and O–H groups in total. The molecule has 0 saturated heterocycles. The van der Waals surface area contributed by atoms with Gasteiger partial charge in [0.15, 0.2) is 0 Å². The number of hydrogen-bond donors (Lipinski definition) is 0. The number of methoxy groups -OCH3 is 1. The minimum Gasteiger partial charge on any atom is -0.465 e. The molecule has 0 saturated carbocycles. The number of halogens is 1. The van der Waals surface area contributed by atoms with Crippen molar-refractivity contribution in [1.29, 1.82) is 0 Å². The van der Waals surface area contributed by atoms with Crippen molar-refractivity contribution >= 4 is 45.6 Å². The van der Waals surface area contributed by atoms with Crippen molar-refractivity contribution in [3.05, 3.63) is 78.5 Å². The molecule has 8 heteroatoms. The van der Waals surface area contributed by atoms with Gasteiger partial charge in [-0.2, -0.15) is 0 Å². The van der Waals surface area contributed by atoms with E-state index in [-0.39, 0.29) is 12.0 Å². The van der Waals surface area contributed by atoms with Crippen LogP contribution in [-0.2, 0) is 11.2 Å². The van der Waals surface area contributed by atoms with Gasteiger partial charge in [-0.25, -0.2) is 14.6 Å². The van der Waals surface area contributed by atoms with Crippen LogP contribution in [0.4, 0.5) is 5.69 Å². The summed E-state index contributed by atoms with van der Waals surface area (Å²) in [7, 11) is 1.26. The number of carbonyl (C=O) groups excluding carboxylic acids is 1. The van der Waals surface area contributed by atoms with E-state index < -0.39 is 11.6 Å². The standard InChI is InChI=1S/C27H27ClN2O4S/c1-6-30(7-2)17-12-19(18-10-8-9-11-21(18)28)24-20(14-23-29-15(3)16(4)35-23)25(26(31)33-5)27(32)34-22(24)13-17/h8-13H,6-7,14H2,1-5H3. The molecule has 4 aromatic rings. The molecule has 35 heavy (non-hydrogen) atoms. The number of rotatable bonds is 7. The third-order valence-corrected chi connectivity index (χ3v) is 7.58. The molecular formula is C27H27ClN2O4S. The lowest BCUT2D eigenvalue weighted by molar-refractivity contribution is 0.0595. The molecule has 0 unspecified atom stereocenters. The lowest BCUT2D eigenvalue weighted by atomic mass is 9.93. The number of carbonyl (C=O) groups is 1. The van der Waals surface area contributed by atoms with Gasteiger partial charge in [-0.1, -0.05) is 29.8 Å². The Morgan fingerprint density at radius 3 is 2.46 bits per heavy atom. The quantitative estimate of drug-likeness (QED) is 0.211. The number of thiazole rings is 1. The summed E-state index contributed by atoms with van der Waals surface area (Å²) in [6.45, 7) is 9.63. The van der Waals surface area contributed by atoms with Crippen LogP contribution in [-0.4, -0.2) is 31.2 Å². The Hall–Kier alpha value is -3.16. The molecule has 0 aliphatic carbocycles. The third kappa shape index (κ3) is 4.70. The number of aryl methyl sites for hydroxylation is 2. The lowest BCUT2D eigenvalue weighted by Gasteiger charge is -2.23. The van der Waals surface area contributed by atoms with Gasteiger partial charge in [0.2, 0.25) is 0 Å². The maximum Gasteiger partial charge on any atom is 0.351 e. The molecule has 0 aliphatic rings. The first-order valence-electron chi connectivity index (χ1n) is 11.4. The summed E-state index contributed by atoms with van der Waals surface area (Å²) in [5, 5.41) is 2.01. The number of esters is 1. The maximum absolute atomic E-state index is 13.1. The third-order valence-electron chi connectivity index (χ3n) is 6.18. The fourth-order valence-electron chi connectivity index (χ4n) is 4.31. The van der Waals surface area contributed by atoms with Crippen molar-refractivity contribution in [1.82, 2.24) is 4.98 Å². The van der Waals surface area contributed by atoms with Crippen molar-refractivity contribution in [2.24, 2.45) is 0 Å². The van der Waals surface area contributed by atoms with Crippen molar-refractivity contribution in [2.45, 2.75) is 34.1 Å². The van der Waals surface area contributed by atoms with Crippen LogP contribution in [0.2, 0.25) is 5.02 Å². The zero-order valence-electron chi connectivity index (χ0n) is 20.4. The molecule has 2 aromatic heterocycles. The SMILES string of the molecule is CCN(CC)c1cc(-c2ccccc2Cl)c2c(Cc3nc(C)c(C)s3)c(C(=O)OC)c(=O)oc2c1. The van der Waals surface area contributed by atoms with Crippen molar-refractivity contribution < 1.29 is 13.9 Å². The molecule has 0 aliphatic heterocycles. The summed E-state index contributed by atoms with van der Waals surface area (Å²) in [4.78, 5) is 33.9. The van der Waals surface area contributed by atoms with Gasteiger partial charge < -0.3 is 14.1 Å². The number of aromatic nitrogens is 1. The molecule has 0 amide bonds. The summed E-state index contributed by atoms with van der Waals surface area (Å²) in [6.07, 6.45) is 0.286. The Bertz CT molecular complexity index is 1450. The number of fused-ring (bicyclic) bond motifs is 1. The Kier molecular flexibility index (Phi) is 7.28. The highest BCUT2D eigenvalue weighted by atomic mass is 35.5. The van der Waals surface area contributed by atoms with E-state index in [1.165, 1.54) is 7.11 Å². The first-order chi connectivity index (χ1) is 16.8. The van der Waals surface area contributed by atoms with Crippen LogP contribution in [0.3, 0.4) is 0 Å². The fraction of sp³-hybridized carbons (Fsp3) is 0.296. The first-order valence-corrected chi connectivity index (χ1v) is 12.6. The summed E-state index contributed by atoms with van der Waals surface area (Å²) >= 11 is 8.19. The molecule has 0 bridgehead atoms. The highest BCUT2D eigenvalue weighted by molar-refractivity contribution is 7.11. The number of hydrogen-bond acceptors (Lipinski definition) is 7. The van der Waals surface area contributed by atoms with E-state index in [0.717, 1.165) is 45.5 Å². The summed E-state index contributed by atoms with van der Waals surface area (Å²) in [6, 6.07) is 11.4. The second-order valence-corrected chi connectivity index (χ2v) is 9.87. The van der Waals surface area contributed by atoms with Gasteiger partial charge >= 0.3 is 11.6 Å². The van der Waals surface area contributed by atoms with Crippen LogP contribution in [0.1, 0.15) is 45.3 Å². The van der Waals surface area contributed by atoms with E-state index in [4.69, 9.17) is 20.8 Å². The normalized spacial score (nSPS) is 11.1. The van der Waals surface area contributed by atoms with Gasteiger partial charge in [0.25, 0.3) is 0 Å². The Labute approximate surface area is 213 Å². The topological polar surface area (TPSA) is 72.6 Å². The van der Waals surface area contributed by atoms with Gasteiger partial charge in [-0.15, -0.1) is 11.3 Å². The van der Waals surface area contributed by atoms with Gasteiger partial charge in [-0.05, 0) is 51.0 Å². The smallest absolute Gasteiger partial charge is 0.351 e. The molecule has 0 fully saturated rings. The molecule has 0 spiro atoms. The Balaban J connectivity index is 2.15. The highest BCUT2D eigenvalue weighted by Crippen LogP contribution is 2.40. The predicted octanol–water partition coefficient (Wildman–Crippen LogP) is 6.41. The van der Waals surface area contributed by atoms with Gasteiger partial charge in [0, 0.05) is 52.1 Å². The predicted molar refractivity (Wildman–Crippen MR) is 142 cm³/mol. The minimum atomic E-state index is -0.737. The van der Waals surface area contributed by atoms with E-state index in [1.54, 1.807) is 11.3 Å². The number of anilines is 1. The number of benzene rings is 2. The fourth-order valence-corrected chi connectivity index (χ4v) is 5.49. The van der Waals surface area contributed by atoms with Crippen LogP contribution in [0.5, 0.6) is 0 Å². The average molecular weight is 511 g/mol. The van der Waals surface area contributed by atoms with Gasteiger partial charge in [0.05, 0.1) is 17.8 Å². The second-order valence-electron chi connectivity index (χ2n) is 8.18. The van der Waals surface area contributed by atoms with Gasteiger partial charge in [-0.3, -0.25) is 0 Å². The van der Waals surface area contributed by atoms with Crippen LogP contribution in [0, 0.1) is 13.8 Å². The zero-order chi connectivity index (χ0) is 25.3. The van der Waals surface area contributed by atoms with E-state index in [2.05, 4.69) is 23.7 Å². The van der Waals surface area contributed by atoms with Gasteiger partial charge in [0.1, 0.15) is 11.1 Å². The molecule has 0 atom stereocenters. The molecule has 6 nitrogen and oxygen atoms in total. The minimum absolute atomic E-state index is 0.116. The van der Waals surface area contributed by atoms with Crippen LogP contribution >= 0.6 is 22.9 Å². The molecular weight excluding hydrogens is 484 g/mol. The largest absolute Gasteiger partial charge is 0.465 e. The van der Waals surface area contributed by atoms with E-state index in [0.29, 0.717) is 21.6 Å². The maximum atomic E-state index is 13.1. The molecule has 0 radical (unpaired) electrons. The average Bonchev–Trinajstić information content (AvgIpc) is 3.15. The molecule has 4 rings (SSSR count). The van der Waals surface area contributed by atoms with Crippen LogP contribution < -0.4 is 10.5 Å². The number of ether oxygens (including phenoxy) is 1.